The molecule has 31 heavy (non-hydrogen) atoms. The van der Waals surface area contributed by atoms with E-state index in [1.54, 1.807) is 11.1 Å². The largest absolute Gasteiger partial charge is 0.0654 e. The molecule has 1 saturated carbocycles. The first-order valence-electron chi connectivity index (χ1n) is 13.5. The van der Waals surface area contributed by atoms with Crippen molar-refractivity contribution in [2.24, 2.45) is 17.8 Å². The SMILES string of the molecule is CCCCCC1CCC(C2CCc3cc(-c4ccc(CCCC)cc4)ccc3C2)CC1. The molecule has 2 aromatic rings. The highest BCUT2D eigenvalue weighted by atomic mass is 14.3. The molecule has 0 heterocycles. The van der Waals surface area contributed by atoms with E-state index in [9.17, 15) is 0 Å². The van der Waals surface area contributed by atoms with E-state index in [-0.39, 0.29) is 0 Å². The Labute approximate surface area is 191 Å². The summed E-state index contributed by atoms with van der Waals surface area (Å²) >= 11 is 0. The maximum atomic E-state index is 2.50. The normalized spacial score (nSPS) is 23.5. The van der Waals surface area contributed by atoms with Gasteiger partial charge in [-0.2, -0.15) is 0 Å². The molecule has 0 N–H and O–H groups in total. The third-order valence-corrected chi connectivity index (χ3v) is 8.35. The smallest absolute Gasteiger partial charge is 0.0181 e. The number of hydrogen-bond acceptors (Lipinski definition) is 0. The molecule has 1 fully saturated rings. The predicted octanol–water partition coefficient (Wildman–Crippen LogP) is 9.19. The molecular formula is C31H44. The van der Waals surface area contributed by atoms with Gasteiger partial charge in [0.05, 0.1) is 0 Å². The fraction of sp³-hybridized carbons (Fsp3) is 0.613. The standard InChI is InChI=1S/C31H44/c1-3-5-7-9-25-12-16-27(17-13-25)29-19-21-30-22-28(18-20-31(30)23-29)26-14-10-24(11-15-26)8-6-4-2/h10-11,14-15,18,20,22,25,27,29H,3-9,12-13,16-17,19,21,23H2,1-2H3. The van der Waals surface area contributed by atoms with Crippen LogP contribution < -0.4 is 0 Å². The van der Waals surface area contributed by atoms with Crippen LogP contribution in [-0.4, -0.2) is 0 Å². The highest BCUT2D eigenvalue weighted by molar-refractivity contribution is 5.65. The first kappa shape index (κ1) is 22.6. The number of fused-ring (bicyclic) bond motifs is 1. The number of rotatable bonds is 9. The number of hydrogen-bond donors (Lipinski definition) is 0. The molecule has 0 nitrogen and oxygen atoms in total. The molecule has 0 saturated heterocycles. The second-order valence-corrected chi connectivity index (χ2v) is 10.6. The van der Waals surface area contributed by atoms with Gasteiger partial charge >= 0.3 is 0 Å². The first-order valence-corrected chi connectivity index (χ1v) is 13.5. The summed E-state index contributed by atoms with van der Waals surface area (Å²) in [6, 6.07) is 16.7. The lowest BCUT2D eigenvalue weighted by Crippen LogP contribution is -2.26. The van der Waals surface area contributed by atoms with Crippen molar-refractivity contribution < 1.29 is 0 Å². The lowest BCUT2D eigenvalue weighted by Gasteiger charge is -2.36. The van der Waals surface area contributed by atoms with Crippen molar-refractivity contribution in [1.82, 2.24) is 0 Å². The van der Waals surface area contributed by atoms with Crippen LogP contribution in [0.1, 0.15) is 101 Å². The number of aryl methyl sites for hydroxylation is 2. The number of benzene rings is 2. The van der Waals surface area contributed by atoms with E-state index in [1.807, 2.05) is 0 Å². The summed E-state index contributed by atoms with van der Waals surface area (Å²) in [7, 11) is 0. The molecule has 4 rings (SSSR count). The quantitative estimate of drug-likeness (QED) is 0.357. The minimum atomic E-state index is 0.938. The van der Waals surface area contributed by atoms with E-state index in [4.69, 9.17) is 0 Å². The maximum absolute atomic E-state index is 2.50. The van der Waals surface area contributed by atoms with Gasteiger partial charge in [0, 0.05) is 0 Å². The van der Waals surface area contributed by atoms with E-state index < -0.39 is 0 Å². The van der Waals surface area contributed by atoms with E-state index in [0.29, 0.717) is 0 Å². The topological polar surface area (TPSA) is 0 Å². The molecule has 2 aliphatic rings. The molecule has 0 radical (unpaired) electrons. The summed E-state index contributed by atoms with van der Waals surface area (Å²) < 4.78 is 0. The van der Waals surface area contributed by atoms with Gasteiger partial charge in [-0.05, 0) is 90.5 Å². The zero-order valence-electron chi connectivity index (χ0n) is 20.2. The Morgan fingerprint density at radius 1 is 0.677 bits per heavy atom. The van der Waals surface area contributed by atoms with Gasteiger partial charge in [0.2, 0.25) is 0 Å². The monoisotopic (exact) mass is 416 g/mol. The Morgan fingerprint density at radius 3 is 2.16 bits per heavy atom. The van der Waals surface area contributed by atoms with Crippen molar-refractivity contribution in [1.29, 1.82) is 0 Å². The fourth-order valence-corrected chi connectivity index (χ4v) is 6.24. The van der Waals surface area contributed by atoms with Gasteiger partial charge < -0.3 is 0 Å². The molecule has 0 bridgehead atoms. The van der Waals surface area contributed by atoms with E-state index >= 15 is 0 Å². The van der Waals surface area contributed by atoms with Crippen molar-refractivity contribution in [2.45, 2.75) is 104 Å². The van der Waals surface area contributed by atoms with Crippen LogP contribution in [0.3, 0.4) is 0 Å². The maximum Gasteiger partial charge on any atom is -0.0181 e. The van der Waals surface area contributed by atoms with Crippen LogP contribution in [0.4, 0.5) is 0 Å². The fourth-order valence-electron chi connectivity index (χ4n) is 6.24. The van der Waals surface area contributed by atoms with Crippen molar-refractivity contribution >= 4 is 0 Å². The van der Waals surface area contributed by atoms with Gasteiger partial charge in [0.15, 0.2) is 0 Å². The van der Waals surface area contributed by atoms with Gasteiger partial charge in [-0.15, -0.1) is 0 Å². The van der Waals surface area contributed by atoms with Gasteiger partial charge in [-0.3, -0.25) is 0 Å². The zero-order chi connectivity index (χ0) is 21.5. The van der Waals surface area contributed by atoms with Gasteiger partial charge in [0.25, 0.3) is 0 Å². The van der Waals surface area contributed by atoms with Crippen LogP contribution in [0.15, 0.2) is 42.5 Å². The molecule has 0 amide bonds. The Bertz CT molecular complexity index is 791. The van der Waals surface area contributed by atoms with Crippen molar-refractivity contribution in [3.63, 3.8) is 0 Å². The molecule has 0 aliphatic heterocycles. The van der Waals surface area contributed by atoms with E-state index in [1.165, 1.54) is 107 Å². The molecule has 2 aliphatic carbocycles. The van der Waals surface area contributed by atoms with Gasteiger partial charge in [-0.25, -0.2) is 0 Å². The second kappa shape index (κ2) is 11.3. The summed E-state index contributed by atoms with van der Waals surface area (Å²) in [6.45, 7) is 4.59. The lowest BCUT2D eigenvalue weighted by atomic mass is 9.69. The molecule has 0 heteroatoms. The third kappa shape index (κ3) is 6.03. The third-order valence-electron chi connectivity index (χ3n) is 8.35. The summed E-state index contributed by atoms with van der Waals surface area (Å²) in [5.74, 6) is 2.97. The molecule has 168 valence electrons. The summed E-state index contributed by atoms with van der Waals surface area (Å²) in [5.41, 5.74) is 7.53. The number of unbranched alkanes of at least 4 members (excludes halogenated alkanes) is 3. The lowest BCUT2D eigenvalue weighted by molar-refractivity contribution is 0.183. The molecule has 1 atom stereocenters. The van der Waals surface area contributed by atoms with Crippen LogP contribution in [-0.2, 0) is 19.3 Å². The first-order chi connectivity index (χ1) is 15.3. The minimum Gasteiger partial charge on any atom is -0.0654 e. The average Bonchev–Trinajstić information content (AvgIpc) is 2.83. The Balaban J connectivity index is 1.32. The molecule has 0 aromatic heterocycles. The van der Waals surface area contributed by atoms with Crippen molar-refractivity contribution in [3.8, 4) is 11.1 Å². The Kier molecular flexibility index (Phi) is 8.28. The Morgan fingerprint density at radius 2 is 1.42 bits per heavy atom. The molecule has 0 spiro atoms. The highest BCUT2D eigenvalue weighted by Gasteiger charge is 2.30. The van der Waals surface area contributed by atoms with E-state index in [2.05, 4.69) is 56.3 Å². The molecule has 2 aromatic carbocycles. The minimum absolute atomic E-state index is 0.938. The van der Waals surface area contributed by atoms with Crippen molar-refractivity contribution in [3.05, 3.63) is 59.2 Å². The molecular weight excluding hydrogens is 372 g/mol. The summed E-state index contributed by atoms with van der Waals surface area (Å²) in [5, 5.41) is 0. The second-order valence-electron chi connectivity index (χ2n) is 10.6. The van der Waals surface area contributed by atoms with Crippen molar-refractivity contribution in [2.75, 3.05) is 0 Å². The summed E-state index contributed by atoms with van der Waals surface area (Å²) in [4.78, 5) is 0. The molecule has 1 unspecified atom stereocenters. The van der Waals surface area contributed by atoms with Crippen LogP contribution in [0.5, 0.6) is 0 Å². The average molecular weight is 417 g/mol. The highest BCUT2D eigenvalue weighted by Crippen LogP contribution is 2.41. The van der Waals surface area contributed by atoms with Crippen LogP contribution in [0.2, 0.25) is 0 Å². The van der Waals surface area contributed by atoms with Gasteiger partial charge in [-0.1, -0.05) is 101 Å². The van der Waals surface area contributed by atoms with Crippen LogP contribution in [0.25, 0.3) is 11.1 Å². The summed E-state index contributed by atoms with van der Waals surface area (Å²) in [6.07, 6.45) is 19.6. The van der Waals surface area contributed by atoms with Crippen LogP contribution in [0, 0.1) is 17.8 Å². The van der Waals surface area contributed by atoms with Gasteiger partial charge in [0.1, 0.15) is 0 Å². The van der Waals surface area contributed by atoms with Crippen LogP contribution >= 0.6 is 0 Å². The van der Waals surface area contributed by atoms with E-state index in [0.717, 1.165) is 17.8 Å². The zero-order valence-corrected chi connectivity index (χ0v) is 20.2. The Hall–Kier alpha value is -1.56. The predicted molar refractivity (Wildman–Crippen MR) is 136 cm³/mol.